The topological polar surface area (TPSA) is 137 Å². The minimum Gasteiger partial charge on any atom is -0.486 e. The van der Waals surface area contributed by atoms with Gasteiger partial charge in [0, 0.05) is 23.2 Å². The molecule has 10 nitrogen and oxygen atoms in total. The van der Waals surface area contributed by atoms with Gasteiger partial charge in [0.1, 0.15) is 29.3 Å². The summed E-state index contributed by atoms with van der Waals surface area (Å²) in [5.74, 6) is -0.187. The summed E-state index contributed by atoms with van der Waals surface area (Å²) in [5.41, 5.74) is 2.60. The molecule has 3 atom stereocenters. The Morgan fingerprint density at radius 2 is 2.03 bits per heavy atom. The Morgan fingerprint density at radius 3 is 2.72 bits per heavy atom. The van der Waals surface area contributed by atoms with Gasteiger partial charge in [-0.1, -0.05) is 13.8 Å². The monoisotopic (exact) mass is 545 g/mol. The number of hydrogen-bond acceptors (Lipinski definition) is 8. The van der Waals surface area contributed by atoms with E-state index >= 15 is 0 Å². The molecular weight excluding hydrogens is 518 g/mol. The van der Waals surface area contributed by atoms with Crippen molar-refractivity contribution in [2.24, 2.45) is 17.3 Å². The first-order valence-corrected chi connectivity index (χ1v) is 13.7. The third kappa shape index (κ3) is 4.10. The number of nitrogens with zero attached hydrogens (tertiary/aromatic N) is 5. The molecule has 0 radical (unpaired) electrons. The van der Waals surface area contributed by atoms with Gasteiger partial charge >= 0.3 is 6.09 Å². The molecule has 11 heteroatoms. The maximum absolute atomic E-state index is 12.9. The summed E-state index contributed by atoms with van der Waals surface area (Å²) >= 11 is 1.43. The molecule has 3 aliphatic rings. The van der Waals surface area contributed by atoms with Gasteiger partial charge in [-0.3, -0.25) is 19.5 Å². The standard InChI is InChI=1S/C28H27N5O5S/c1-14-9-15(11-29)31-22(23(14)38-16-5-4-8-32(12-16)27(36)37)18-6-7-30-19-10-17(39-24(18)19)13-33-25(34)20-21(26(33)35)28(20,2)3/h6-7,9-10,16,20-21H,4-5,8,12-13H2,1-3H3,(H,36,37). The molecule has 0 bridgehead atoms. The van der Waals surface area contributed by atoms with Crippen molar-refractivity contribution in [1.82, 2.24) is 19.8 Å². The number of amides is 3. The highest BCUT2D eigenvalue weighted by Crippen LogP contribution is 2.63. The lowest BCUT2D eigenvalue weighted by Gasteiger charge is -2.31. The van der Waals surface area contributed by atoms with Crippen LogP contribution in [0, 0.1) is 35.5 Å². The van der Waals surface area contributed by atoms with Gasteiger partial charge in [0.25, 0.3) is 0 Å². The van der Waals surface area contributed by atoms with Gasteiger partial charge in [0.2, 0.25) is 11.8 Å². The maximum Gasteiger partial charge on any atom is 0.407 e. The number of rotatable bonds is 5. The number of carbonyl (C=O) groups excluding carboxylic acids is 2. The van der Waals surface area contributed by atoms with Crippen molar-refractivity contribution in [2.75, 3.05) is 13.1 Å². The summed E-state index contributed by atoms with van der Waals surface area (Å²) in [6.45, 7) is 6.68. The number of nitriles is 1. The predicted molar refractivity (Wildman–Crippen MR) is 142 cm³/mol. The Hall–Kier alpha value is -4.04. The van der Waals surface area contributed by atoms with E-state index in [1.165, 1.54) is 21.1 Å². The molecule has 39 heavy (non-hydrogen) atoms. The largest absolute Gasteiger partial charge is 0.486 e. The minimum atomic E-state index is -0.976. The molecule has 5 heterocycles. The molecular formula is C28H27N5O5S. The van der Waals surface area contributed by atoms with Gasteiger partial charge < -0.3 is 14.7 Å². The molecule has 6 rings (SSSR count). The van der Waals surface area contributed by atoms with Crippen LogP contribution in [0.3, 0.4) is 0 Å². The van der Waals surface area contributed by atoms with Crippen molar-refractivity contribution in [1.29, 1.82) is 5.26 Å². The Morgan fingerprint density at radius 1 is 1.28 bits per heavy atom. The van der Waals surface area contributed by atoms with Crippen molar-refractivity contribution in [3.63, 3.8) is 0 Å². The minimum absolute atomic E-state index is 0.113. The van der Waals surface area contributed by atoms with E-state index < -0.39 is 6.09 Å². The molecule has 0 aromatic carbocycles. The second kappa shape index (κ2) is 9.02. The predicted octanol–water partition coefficient (Wildman–Crippen LogP) is 4.20. The van der Waals surface area contributed by atoms with Crippen LogP contribution in [0.5, 0.6) is 5.75 Å². The Kier molecular flexibility index (Phi) is 5.84. The quantitative estimate of drug-likeness (QED) is 0.471. The smallest absolute Gasteiger partial charge is 0.407 e. The van der Waals surface area contributed by atoms with Crippen LogP contribution in [0.1, 0.15) is 42.8 Å². The van der Waals surface area contributed by atoms with Crippen molar-refractivity contribution in [3.8, 4) is 23.1 Å². The number of fused-ring (bicyclic) bond motifs is 2. The molecule has 3 amide bonds. The highest BCUT2D eigenvalue weighted by atomic mass is 32.1. The Labute approximate surface area is 228 Å². The fourth-order valence-electron chi connectivity index (χ4n) is 5.99. The zero-order chi connectivity index (χ0) is 27.6. The molecule has 0 spiro atoms. The fraction of sp³-hybridized carbons (Fsp3) is 0.429. The second-order valence-corrected chi connectivity index (χ2v) is 12.2. The second-order valence-electron chi connectivity index (χ2n) is 11.0. The van der Waals surface area contributed by atoms with Crippen molar-refractivity contribution in [2.45, 2.75) is 46.3 Å². The van der Waals surface area contributed by atoms with Crippen LogP contribution in [-0.4, -0.2) is 62.0 Å². The highest BCUT2D eigenvalue weighted by molar-refractivity contribution is 7.19. The van der Waals surface area contributed by atoms with Crippen LogP contribution >= 0.6 is 11.3 Å². The van der Waals surface area contributed by atoms with Crippen LogP contribution in [0.25, 0.3) is 21.5 Å². The molecule has 1 N–H and O–H groups in total. The molecule has 1 saturated carbocycles. The number of aromatic nitrogens is 2. The molecule has 2 aliphatic heterocycles. The molecule has 1 aliphatic carbocycles. The number of likely N-dealkylation sites (tertiary alicyclic amines) is 2. The van der Waals surface area contributed by atoms with E-state index in [0.717, 1.165) is 20.7 Å². The zero-order valence-corrected chi connectivity index (χ0v) is 22.6. The van der Waals surface area contributed by atoms with Gasteiger partial charge in [0.05, 0.1) is 35.1 Å². The van der Waals surface area contributed by atoms with Gasteiger partial charge in [-0.15, -0.1) is 11.3 Å². The number of imide groups is 1. The lowest BCUT2D eigenvalue weighted by atomic mass is 10.1. The summed E-state index contributed by atoms with van der Waals surface area (Å²) < 4.78 is 7.19. The number of thiophene rings is 1. The highest BCUT2D eigenvalue weighted by Gasteiger charge is 2.72. The van der Waals surface area contributed by atoms with Crippen molar-refractivity contribution >= 4 is 39.5 Å². The number of hydrogen-bond donors (Lipinski definition) is 1. The van der Waals surface area contributed by atoms with E-state index in [9.17, 15) is 24.8 Å². The van der Waals surface area contributed by atoms with E-state index in [1.807, 2.05) is 32.9 Å². The zero-order valence-electron chi connectivity index (χ0n) is 21.8. The number of carboxylic acid groups (broad SMARTS) is 1. The molecule has 3 aromatic rings. The fourth-order valence-corrected chi connectivity index (χ4v) is 7.11. The van der Waals surface area contributed by atoms with E-state index in [2.05, 4.69) is 16.0 Å². The summed E-state index contributed by atoms with van der Waals surface area (Å²) in [7, 11) is 0. The summed E-state index contributed by atoms with van der Waals surface area (Å²) in [6.07, 6.45) is 1.73. The van der Waals surface area contributed by atoms with Crippen LogP contribution in [-0.2, 0) is 16.1 Å². The number of carbonyl (C=O) groups is 3. The SMILES string of the molecule is Cc1cc(C#N)nc(-c2ccnc3cc(CN4C(=O)C5C(C4=O)C5(C)C)sc23)c1OC1CCCN(C(=O)O)C1. The van der Waals surface area contributed by atoms with E-state index in [-0.39, 0.29) is 54.0 Å². The first-order valence-electron chi connectivity index (χ1n) is 12.9. The molecule has 200 valence electrons. The Balaban J connectivity index is 1.35. The lowest BCUT2D eigenvalue weighted by Crippen LogP contribution is -2.43. The van der Waals surface area contributed by atoms with Crippen LogP contribution in [0.15, 0.2) is 24.4 Å². The molecule has 2 saturated heterocycles. The maximum atomic E-state index is 12.9. The third-order valence-electron chi connectivity index (χ3n) is 8.13. The van der Waals surface area contributed by atoms with Gasteiger partial charge in [0.15, 0.2) is 0 Å². The van der Waals surface area contributed by atoms with Crippen LogP contribution < -0.4 is 4.74 Å². The van der Waals surface area contributed by atoms with Gasteiger partial charge in [-0.05, 0) is 48.9 Å². The van der Waals surface area contributed by atoms with E-state index in [4.69, 9.17) is 4.74 Å². The number of piperidine rings is 2. The number of pyridine rings is 2. The first kappa shape index (κ1) is 25.2. The van der Waals surface area contributed by atoms with E-state index in [0.29, 0.717) is 36.3 Å². The van der Waals surface area contributed by atoms with Gasteiger partial charge in [-0.2, -0.15) is 5.26 Å². The molecule has 3 fully saturated rings. The number of aryl methyl sites for hydroxylation is 1. The molecule has 3 aromatic heterocycles. The first-order chi connectivity index (χ1) is 18.6. The average molecular weight is 546 g/mol. The normalized spacial score (nSPS) is 23.6. The average Bonchev–Trinajstić information content (AvgIpc) is 3.15. The van der Waals surface area contributed by atoms with Crippen LogP contribution in [0.4, 0.5) is 4.79 Å². The third-order valence-corrected chi connectivity index (χ3v) is 9.27. The van der Waals surface area contributed by atoms with Crippen LogP contribution in [0.2, 0.25) is 0 Å². The summed E-state index contributed by atoms with van der Waals surface area (Å²) in [4.78, 5) is 49.9. The van der Waals surface area contributed by atoms with Crippen molar-refractivity contribution in [3.05, 3.63) is 40.5 Å². The number of ether oxygens (including phenoxy) is 1. The Bertz CT molecular complexity index is 1570. The summed E-state index contributed by atoms with van der Waals surface area (Å²) in [5, 5.41) is 19.1. The van der Waals surface area contributed by atoms with E-state index in [1.54, 1.807) is 12.3 Å². The summed E-state index contributed by atoms with van der Waals surface area (Å²) in [6, 6.07) is 7.46. The molecule has 3 unspecified atom stereocenters. The lowest BCUT2D eigenvalue weighted by molar-refractivity contribution is -0.143. The van der Waals surface area contributed by atoms with Gasteiger partial charge in [-0.25, -0.2) is 9.78 Å². The van der Waals surface area contributed by atoms with Crippen molar-refractivity contribution < 1.29 is 24.2 Å².